The van der Waals surface area contributed by atoms with Gasteiger partial charge >= 0.3 is 0 Å². The highest BCUT2D eigenvalue weighted by atomic mass is 15.2. The van der Waals surface area contributed by atoms with E-state index in [9.17, 15) is 0 Å². The number of rotatable bonds is 4. The molecule has 0 aliphatic rings. The number of nitrogens with zero attached hydrogens (tertiary/aromatic N) is 2. The van der Waals surface area contributed by atoms with Crippen LogP contribution in [0.4, 0.5) is 5.95 Å². The highest BCUT2D eigenvalue weighted by Crippen LogP contribution is 2.26. The topological polar surface area (TPSA) is 29.9 Å². The maximum absolute atomic E-state index is 4.84. The number of imidazole rings is 1. The average Bonchev–Trinajstić information content (AvgIpc) is 2.99. The standard InChI is InChI=1S/C22H21N3/c1-16-8-11-19(12-9-16)25-21-13-10-17(2)14-20(21)24-22(25)23-15-18-6-4-3-5-7-18/h3-14H,15H2,1-2H3,(H,23,24). The van der Waals surface area contributed by atoms with Gasteiger partial charge in [-0.2, -0.15) is 0 Å². The van der Waals surface area contributed by atoms with Crippen LogP contribution in [0.5, 0.6) is 0 Å². The van der Waals surface area contributed by atoms with Crippen molar-refractivity contribution in [1.82, 2.24) is 9.55 Å². The van der Waals surface area contributed by atoms with Crippen molar-refractivity contribution in [2.24, 2.45) is 0 Å². The molecule has 0 saturated carbocycles. The molecule has 0 unspecified atom stereocenters. The lowest BCUT2D eigenvalue weighted by Crippen LogP contribution is -2.06. The van der Waals surface area contributed by atoms with Gasteiger partial charge in [-0.1, -0.05) is 54.1 Å². The fraction of sp³-hybridized carbons (Fsp3) is 0.136. The summed E-state index contributed by atoms with van der Waals surface area (Å²) in [5.74, 6) is 0.869. The van der Waals surface area contributed by atoms with E-state index in [0.717, 1.165) is 29.2 Å². The van der Waals surface area contributed by atoms with Gasteiger partial charge in [0.1, 0.15) is 0 Å². The molecule has 3 heteroatoms. The Hall–Kier alpha value is -3.07. The third-order valence-corrected chi connectivity index (χ3v) is 4.40. The maximum atomic E-state index is 4.84. The molecule has 0 radical (unpaired) electrons. The molecule has 0 amide bonds. The van der Waals surface area contributed by atoms with Crippen molar-refractivity contribution in [2.75, 3.05) is 5.32 Å². The van der Waals surface area contributed by atoms with Crippen LogP contribution < -0.4 is 5.32 Å². The van der Waals surface area contributed by atoms with E-state index in [2.05, 4.69) is 90.5 Å². The predicted molar refractivity (Wildman–Crippen MR) is 104 cm³/mol. The number of aromatic nitrogens is 2. The summed E-state index contributed by atoms with van der Waals surface area (Å²) in [5, 5.41) is 3.50. The number of benzene rings is 3. The van der Waals surface area contributed by atoms with Crippen LogP contribution >= 0.6 is 0 Å². The van der Waals surface area contributed by atoms with Crippen molar-refractivity contribution in [3.63, 3.8) is 0 Å². The number of hydrogen-bond donors (Lipinski definition) is 1. The molecule has 1 N–H and O–H groups in total. The van der Waals surface area contributed by atoms with Crippen LogP contribution in [0.15, 0.2) is 72.8 Å². The summed E-state index contributed by atoms with van der Waals surface area (Å²) in [7, 11) is 0. The van der Waals surface area contributed by atoms with Crippen LogP contribution in [0.2, 0.25) is 0 Å². The van der Waals surface area contributed by atoms with Crippen LogP contribution in [0.25, 0.3) is 16.7 Å². The zero-order valence-electron chi connectivity index (χ0n) is 14.5. The van der Waals surface area contributed by atoms with Gasteiger partial charge in [-0.05, 0) is 49.2 Å². The Labute approximate surface area is 148 Å². The summed E-state index contributed by atoms with van der Waals surface area (Å²) in [4.78, 5) is 4.84. The zero-order valence-corrected chi connectivity index (χ0v) is 14.5. The summed E-state index contributed by atoms with van der Waals surface area (Å²) < 4.78 is 2.19. The van der Waals surface area contributed by atoms with Crippen LogP contribution in [-0.4, -0.2) is 9.55 Å². The molecule has 0 saturated heterocycles. The largest absolute Gasteiger partial charge is 0.351 e. The van der Waals surface area contributed by atoms with Crippen LogP contribution in [0.3, 0.4) is 0 Å². The van der Waals surface area contributed by atoms with Crippen LogP contribution in [0.1, 0.15) is 16.7 Å². The number of anilines is 1. The van der Waals surface area contributed by atoms with E-state index in [1.165, 1.54) is 16.7 Å². The molecular weight excluding hydrogens is 306 g/mol. The van der Waals surface area contributed by atoms with Crippen molar-refractivity contribution in [2.45, 2.75) is 20.4 Å². The van der Waals surface area contributed by atoms with Crippen LogP contribution in [0, 0.1) is 13.8 Å². The lowest BCUT2D eigenvalue weighted by atomic mass is 10.2. The van der Waals surface area contributed by atoms with Gasteiger partial charge in [-0.25, -0.2) is 4.98 Å². The molecule has 1 aromatic heterocycles. The van der Waals surface area contributed by atoms with Crippen molar-refractivity contribution in [3.8, 4) is 5.69 Å². The Morgan fingerprint density at radius 2 is 1.56 bits per heavy atom. The summed E-state index contributed by atoms with van der Waals surface area (Å²) in [6, 6.07) is 25.4. The Morgan fingerprint density at radius 3 is 2.32 bits per heavy atom. The predicted octanol–water partition coefficient (Wildman–Crippen LogP) is 5.25. The first-order valence-corrected chi connectivity index (χ1v) is 8.55. The molecule has 0 fully saturated rings. The fourth-order valence-electron chi connectivity index (χ4n) is 3.04. The molecule has 0 aliphatic carbocycles. The van der Waals surface area contributed by atoms with Gasteiger partial charge in [-0.15, -0.1) is 0 Å². The lowest BCUT2D eigenvalue weighted by Gasteiger charge is -2.11. The fourth-order valence-corrected chi connectivity index (χ4v) is 3.04. The Kier molecular flexibility index (Phi) is 3.98. The van der Waals surface area contributed by atoms with E-state index < -0.39 is 0 Å². The van der Waals surface area contributed by atoms with Gasteiger partial charge in [-0.3, -0.25) is 4.57 Å². The van der Waals surface area contributed by atoms with Crippen LogP contribution in [-0.2, 0) is 6.54 Å². The first-order valence-electron chi connectivity index (χ1n) is 8.55. The second kappa shape index (κ2) is 6.44. The van der Waals surface area contributed by atoms with Gasteiger partial charge in [0, 0.05) is 12.2 Å². The Bertz CT molecular complexity index is 999. The van der Waals surface area contributed by atoms with Gasteiger partial charge in [0.2, 0.25) is 5.95 Å². The Balaban J connectivity index is 1.79. The van der Waals surface area contributed by atoms with Gasteiger partial charge in [0.05, 0.1) is 11.0 Å². The maximum Gasteiger partial charge on any atom is 0.208 e. The van der Waals surface area contributed by atoms with Crippen molar-refractivity contribution >= 4 is 17.0 Å². The molecule has 4 aromatic rings. The first kappa shape index (κ1) is 15.5. The monoisotopic (exact) mass is 327 g/mol. The van der Waals surface area contributed by atoms with Gasteiger partial charge < -0.3 is 5.32 Å². The minimum absolute atomic E-state index is 0.745. The van der Waals surface area contributed by atoms with E-state index in [4.69, 9.17) is 4.98 Å². The molecule has 0 spiro atoms. The summed E-state index contributed by atoms with van der Waals surface area (Å²) in [6.45, 7) is 4.95. The zero-order chi connectivity index (χ0) is 17.2. The molecule has 124 valence electrons. The van der Waals surface area contributed by atoms with Gasteiger partial charge in [0.15, 0.2) is 0 Å². The molecule has 25 heavy (non-hydrogen) atoms. The summed E-state index contributed by atoms with van der Waals surface area (Å²) >= 11 is 0. The van der Waals surface area contributed by atoms with E-state index in [1.807, 2.05) is 6.07 Å². The molecule has 0 bridgehead atoms. The number of fused-ring (bicyclic) bond motifs is 1. The molecule has 3 nitrogen and oxygen atoms in total. The van der Waals surface area contributed by atoms with E-state index >= 15 is 0 Å². The van der Waals surface area contributed by atoms with E-state index in [-0.39, 0.29) is 0 Å². The SMILES string of the molecule is Cc1ccc(-n2c(NCc3ccccc3)nc3cc(C)ccc32)cc1. The van der Waals surface area contributed by atoms with Crippen molar-refractivity contribution in [3.05, 3.63) is 89.5 Å². The molecular formula is C22H21N3. The molecule has 3 aromatic carbocycles. The third-order valence-electron chi connectivity index (χ3n) is 4.40. The normalized spacial score (nSPS) is 11.0. The Morgan fingerprint density at radius 1 is 0.840 bits per heavy atom. The minimum Gasteiger partial charge on any atom is -0.351 e. The smallest absolute Gasteiger partial charge is 0.208 e. The van der Waals surface area contributed by atoms with E-state index in [1.54, 1.807) is 0 Å². The lowest BCUT2D eigenvalue weighted by molar-refractivity contribution is 1.02. The number of aryl methyl sites for hydroxylation is 2. The quantitative estimate of drug-likeness (QED) is 0.554. The molecule has 4 rings (SSSR count). The molecule has 0 aliphatic heterocycles. The highest BCUT2D eigenvalue weighted by molar-refractivity contribution is 5.82. The van der Waals surface area contributed by atoms with E-state index in [0.29, 0.717) is 0 Å². The third kappa shape index (κ3) is 3.13. The van der Waals surface area contributed by atoms with Crippen molar-refractivity contribution in [1.29, 1.82) is 0 Å². The van der Waals surface area contributed by atoms with Crippen molar-refractivity contribution < 1.29 is 0 Å². The second-order valence-electron chi connectivity index (χ2n) is 6.44. The number of hydrogen-bond acceptors (Lipinski definition) is 2. The second-order valence-corrected chi connectivity index (χ2v) is 6.44. The average molecular weight is 327 g/mol. The number of nitrogens with one attached hydrogen (secondary N) is 1. The minimum atomic E-state index is 0.745. The highest BCUT2D eigenvalue weighted by Gasteiger charge is 2.12. The summed E-state index contributed by atoms with van der Waals surface area (Å²) in [5.41, 5.74) is 6.95. The summed E-state index contributed by atoms with van der Waals surface area (Å²) in [6.07, 6.45) is 0. The molecule has 1 heterocycles. The first-order chi connectivity index (χ1) is 12.2. The van der Waals surface area contributed by atoms with Gasteiger partial charge in [0.25, 0.3) is 0 Å². The molecule has 0 atom stereocenters.